The van der Waals surface area contributed by atoms with E-state index in [9.17, 15) is 4.79 Å². The standard InChI is InChI=1S/C19H22N2O5/c1-23-15-8-9-16(17(12-15)24-2)21-18(22)20-13-19(25-10-11-26-19)14-6-4-3-5-7-14/h3-9,12H,10-11,13H2,1-2H3,(H2,20,21,22). The van der Waals surface area contributed by atoms with Crippen molar-refractivity contribution in [1.29, 1.82) is 0 Å². The number of anilines is 1. The van der Waals surface area contributed by atoms with Gasteiger partial charge in [-0.25, -0.2) is 4.79 Å². The Balaban J connectivity index is 1.67. The number of carbonyl (C=O) groups is 1. The largest absolute Gasteiger partial charge is 0.497 e. The van der Waals surface area contributed by atoms with E-state index >= 15 is 0 Å². The van der Waals surface area contributed by atoms with Gasteiger partial charge in [-0.05, 0) is 12.1 Å². The van der Waals surface area contributed by atoms with Crippen LogP contribution in [0, 0.1) is 0 Å². The Bertz CT molecular complexity index is 745. The van der Waals surface area contributed by atoms with Crippen molar-refractivity contribution in [2.75, 3.05) is 39.3 Å². The van der Waals surface area contributed by atoms with Crippen LogP contribution in [0.15, 0.2) is 48.5 Å². The van der Waals surface area contributed by atoms with Gasteiger partial charge < -0.3 is 29.6 Å². The van der Waals surface area contributed by atoms with Crippen LogP contribution in [0.3, 0.4) is 0 Å². The summed E-state index contributed by atoms with van der Waals surface area (Å²) >= 11 is 0. The molecule has 3 rings (SSSR count). The summed E-state index contributed by atoms with van der Waals surface area (Å²) in [6.45, 7) is 1.14. The van der Waals surface area contributed by atoms with E-state index in [4.69, 9.17) is 18.9 Å². The van der Waals surface area contributed by atoms with E-state index in [0.717, 1.165) is 5.56 Å². The van der Waals surface area contributed by atoms with E-state index in [1.165, 1.54) is 7.11 Å². The summed E-state index contributed by atoms with van der Waals surface area (Å²) in [5.74, 6) is 0.178. The van der Waals surface area contributed by atoms with Crippen molar-refractivity contribution in [3.63, 3.8) is 0 Å². The Labute approximate surface area is 152 Å². The quantitative estimate of drug-likeness (QED) is 0.830. The Kier molecular flexibility index (Phi) is 5.60. The summed E-state index contributed by atoms with van der Waals surface area (Å²) < 4.78 is 22.0. The zero-order valence-corrected chi connectivity index (χ0v) is 14.8. The van der Waals surface area contributed by atoms with Gasteiger partial charge in [-0.1, -0.05) is 30.3 Å². The van der Waals surface area contributed by atoms with Crippen LogP contribution in [-0.4, -0.2) is 40.0 Å². The molecule has 1 heterocycles. The lowest BCUT2D eigenvalue weighted by atomic mass is 10.1. The Morgan fingerprint density at radius 3 is 2.46 bits per heavy atom. The van der Waals surface area contributed by atoms with E-state index in [1.807, 2.05) is 30.3 Å². The van der Waals surface area contributed by atoms with E-state index in [-0.39, 0.29) is 12.6 Å². The highest BCUT2D eigenvalue weighted by Crippen LogP contribution is 2.31. The molecule has 0 unspecified atom stereocenters. The molecule has 0 bridgehead atoms. The first-order valence-electron chi connectivity index (χ1n) is 8.27. The maximum atomic E-state index is 12.3. The molecule has 138 valence electrons. The van der Waals surface area contributed by atoms with E-state index in [2.05, 4.69) is 10.6 Å². The molecule has 2 aromatic carbocycles. The van der Waals surface area contributed by atoms with Gasteiger partial charge in [0.25, 0.3) is 0 Å². The van der Waals surface area contributed by atoms with E-state index in [1.54, 1.807) is 25.3 Å². The molecule has 0 spiro atoms. The summed E-state index contributed by atoms with van der Waals surface area (Å²) in [5.41, 5.74) is 1.40. The van der Waals surface area contributed by atoms with Crippen molar-refractivity contribution < 1.29 is 23.7 Å². The zero-order chi connectivity index (χ0) is 18.4. The Hall–Kier alpha value is -2.77. The fourth-order valence-electron chi connectivity index (χ4n) is 2.78. The van der Waals surface area contributed by atoms with Gasteiger partial charge >= 0.3 is 6.03 Å². The topological polar surface area (TPSA) is 78.1 Å². The summed E-state index contributed by atoms with van der Waals surface area (Å²) in [7, 11) is 3.10. The van der Waals surface area contributed by atoms with E-state index < -0.39 is 5.79 Å². The predicted molar refractivity (Wildman–Crippen MR) is 96.6 cm³/mol. The van der Waals surface area contributed by atoms with Gasteiger partial charge in [0, 0.05) is 11.6 Å². The Morgan fingerprint density at radius 1 is 1.08 bits per heavy atom. The number of rotatable bonds is 6. The SMILES string of the molecule is COc1ccc(NC(=O)NCC2(c3ccccc3)OCCO2)c(OC)c1. The average molecular weight is 358 g/mol. The van der Waals surface area contributed by atoms with Crippen molar-refractivity contribution in [2.24, 2.45) is 0 Å². The first-order valence-corrected chi connectivity index (χ1v) is 8.27. The third kappa shape index (κ3) is 3.89. The predicted octanol–water partition coefficient (Wildman–Crippen LogP) is 2.73. The lowest BCUT2D eigenvalue weighted by Gasteiger charge is -2.28. The molecule has 2 N–H and O–H groups in total. The van der Waals surface area contributed by atoms with Crippen LogP contribution in [0.25, 0.3) is 0 Å². The van der Waals surface area contributed by atoms with Crippen LogP contribution >= 0.6 is 0 Å². The van der Waals surface area contributed by atoms with Gasteiger partial charge in [0.1, 0.15) is 11.5 Å². The molecule has 7 heteroatoms. The van der Waals surface area contributed by atoms with Crippen LogP contribution in [-0.2, 0) is 15.3 Å². The fraction of sp³-hybridized carbons (Fsp3) is 0.316. The molecule has 0 saturated carbocycles. The molecule has 2 aromatic rings. The summed E-state index contributed by atoms with van der Waals surface area (Å²) in [6, 6.07) is 14.3. The second-order valence-electron chi connectivity index (χ2n) is 5.69. The van der Waals surface area contributed by atoms with Crippen molar-refractivity contribution in [3.8, 4) is 11.5 Å². The van der Waals surface area contributed by atoms with Crippen molar-refractivity contribution in [1.82, 2.24) is 5.32 Å². The normalized spacial score (nSPS) is 15.3. The number of ether oxygens (including phenoxy) is 4. The number of amides is 2. The van der Waals surface area contributed by atoms with E-state index in [0.29, 0.717) is 30.4 Å². The minimum atomic E-state index is -0.970. The fourth-order valence-corrected chi connectivity index (χ4v) is 2.78. The third-order valence-corrected chi connectivity index (χ3v) is 4.11. The third-order valence-electron chi connectivity index (χ3n) is 4.11. The van der Waals surface area contributed by atoms with Gasteiger partial charge in [-0.2, -0.15) is 0 Å². The summed E-state index contributed by atoms with van der Waals surface area (Å²) in [4.78, 5) is 12.3. The van der Waals surface area contributed by atoms with Crippen LogP contribution in [0.1, 0.15) is 5.56 Å². The molecule has 26 heavy (non-hydrogen) atoms. The second-order valence-corrected chi connectivity index (χ2v) is 5.69. The number of hydrogen-bond donors (Lipinski definition) is 2. The number of hydrogen-bond acceptors (Lipinski definition) is 5. The number of methoxy groups -OCH3 is 2. The van der Waals surface area contributed by atoms with Gasteiger partial charge in [0.2, 0.25) is 5.79 Å². The highest BCUT2D eigenvalue weighted by molar-refractivity contribution is 5.91. The minimum absolute atomic E-state index is 0.182. The van der Waals surface area contributed by atoms with Gasteiger partial charge in [-0.3, -0.25) is 0 Å². The van der Waals surface area contributed by atoms with Crippen LogP contribution in [0.4, 0.5) is 10.5 Å². The Morgan fingerprint density at radius 2 is 1.81 bits per heavy atom. The molecule has 2 amide bonds. The monoisotopic (exact) mass is 358 g/mol. The average Bonchev–Trinajstić information content (AvgIpc) is 3.17. The molecular weight excluding hydrogens is 336 g/mol. The van der Waals surface area contributed by atoms with Gasteiger partial charge in [-0.15, -0.1) is 0 Å². The molecule has 0 aliphatic carbocycles. The number of benzene rings is 2. The van der Waals surface area contributed by atoms with Crippen molar-refractivity contribution in [3.05, 3.63) is 54.1 Å². The first kappa shape index (κ1) is 18.0. The zero-order valence-electron chi connectivity index (χ0n) is 14.8. The molecule has 1 saturated heterocycles. The molecule has 0 aromatic heterocycles. The lowest BCUT2D eigenvalue weighted by Crippen LogP contribution is -2.43. The number of urea groups is 1. The molecular formula is C19H22N2O5. The molecule has 0 radical (unpaired) electrons. The van der Waals surface area contributed by atoms with Crippen molar-refractivity contribution in [2.45, 2.75) is 5.79 Å². The first-order chi connectivity index (χ1) is 12.7. The van der Waals surface area contributed by atoms with Crippen LogP contribution in [0.5, 0.6) is 11.5 Å². The second kappa shape index (κ2) is 8.07. The molecule has 1 aliphatic rings. The maximum Gasteiger partial charge on any atom is 0.319 e. The molecule has 0 atom stereocenters. The highest BCUT2D eigenvalue weighted by atomic mass is 16.7. The van der Waals surface area contributed by atoms with Crippen molar-refractivity contribution >= 4 is 11.7 Å². The summed E-state index contributed by atoms with van der Waals surface area (Å²) in [6.07, 6.45) is 0. The lowest BCUT2D eigenvalue weighted by molar-refractivity contribution is -0.160. The number of nitrogens with one attached hydrogen (secondary N) is 2. The maximum absolute atomic E-state index is 12.3. The molecule has 7 nitrogen and oxygen atoms in total. The molecule has 1 fully saturated rings. The smallest absolute Gasteiger partial charge is 0.319 e. The number of carbonyl (C=O) groups excluding carboxylic acids is 1. The molecule has 1 aliphatic heterocycles. The van der Waals surface area contributed by atoms with Crippen LogP contribution in [0.2, 0.25) is 0 Å². The van der Waals surface area contributed by atoms with Gasteiger partial charge in [0.05, 0.1) is 39.7 Å². The summed E-state index contributed by atoms with van der Waals surface area (Å²) in [5, 5.41) is 5.57. The minimum Gasteiger partial charge on any atom is -0.497 e. The highest BCUT2D eigenvalue weighted by Gasteiger charge is 2.38. The van der Waals surface area contributed by atoms with Gasteiger partial charge in [0.15, 0.2) is 0 Å². The van der Waals surface area contributed by atoms with Crippen LogP contribution < -0.4 is 20.1 Å².